The van der Waals surface area contributed by atoms with Crippen molar-refractivity contribution in [1.29, 1.82) is 0 Å². The van der Waals surface area contributed by atoms with E-state index in [1.807, 2.05) is 19.1 Å². The van der Waals surface area contributed by atoms with E-state index in [1.165, 1.54) is 28.9 Å². The van der Waals surface area contributed by atoms with Gasteiger partial charge in [0.2, 0.25) is 5.88 Å². The zero-order chi connectivity index (χ0) is 25.2. The molecule has 0 saturated heterocycles. The highest BCUT2D eigenvalue weighted by Crippen LogP contribution is 2.39. The summed E-state index contributed by atoms with van der Waals surface area (Å²) in [6, 6.07) is 13.7. The van der Waals surface area contributed by atoms with Crippen molar-refractivity contribution in [2.75, 3.05) is 6.61 Å². The van der Waals surface area contributed by atoms with E-state index in [1.54, 1.807) is 25.1 Å². The minimum atomic E-state index is -1.07. The number of amides is 1. The van der Waals surface area contributed by atoms with Crippen LogP contribution in [0.2, 0.25) is 0 Å². The maximum absolute atomic E-state index is 14.6. The lowest BCUT2D eigenvalue weighted by Gasteiger charge is -2.23. The fourth-order valence-electron chi connectivity index (χ4n) is 4.04. The molecule has 0 spiro atoms. The van der Waals surface area contributed by atoms with Crippen LogP contribution in [0.1, 0.15) is 53.8 Å². The van der Waals surface area contributed by atoms with Gasteiger partial charge in [0.05, 0.1) is 18.1 Å². The quantitative estimate of drug-likeness (QED) is 0.406. The molecule has 0 radical (unpaired) electrons. The van der Waals surface area contributed by atoms with Gasteiger partial charge < -0.3 is 20.3 Å². The molecule has 1 aliphatic rings. The maximum atomic E-state index is 14.6. The zero-order valence-corrected chi connectivity index (χ0v) is 19.6. The maximum Gasteiger partial charge on any atom is 0.305 e. The SMILES string of the molecule is Cc1ccccc1C(CC(=O)O)NC(=O)c1cc(OCC(C)(O)C2CC2)n(-c2ccccc2F)n1. The van der Waals surface area contributed by atoms with Gasteiger partial charge in [-0.2, -0.15) is 9.78 Å². The standard InChI is InChI=1S/C26H28FN3O5/c1-16-7-3-4-8-18(16)20(14-24(31)32)28-25(33)21-13-23(35-15-26(2,34)17-11-12-17)30(29-21)22-10-6-5-9-19(22)27/h3-10,13,17,20,34H,11-12,14-15H2,1-2H3,(H,28,33)(H,31,32). The summed E-state index contributed by atoms with van der Waals surface area (Å²) in [6.07, 6.45) is 1.49. The monoisotopic (exact) mass is 481 g/mol. The molecule has 2 aromatic carbocycles. The number of aliphatic carboxylic acids is 1. The average molecular weight is 482 g/mol. The molecule has 184 valence electrons. The minimum absolute atomic E-state index is 0.0519. The molecule has 1 heterocycles. The first-order valence-electron chi connectivity index (χ1n) is 11.4. The molecule has 9 heteroatoms. The number of benzene rings is 2. The van der Waals surface area contributed by atoms with Gasteiger partial charge in [0.25, 0.3) is 5.91 Å². The van der Waals surface area contributed by atoms with Crippen molar-refractivity contribution >= 4 is 11.9 Å². The van der Waals surface area contributed by atoms with Gasteiger partial charge in [0.1, 0.15) is 18.1 Å². The predicted octanol–water partition coefficient (Wildman–Crippen LogP) is 3.81. The molecule has 1 fully saturated rings. The number of carboxylic acids is 1. The second-order valence-electron chi connectivity index (χ2n) is 9.13. The highest BCUT2D eigenvalue weighted by Gasteiger charge is 2.41. The van der Waals surface area contributed by atoms with Crippen molar-refractivity contribution in [3.63, 3.8) is 0 Å². The number of carbonyl (C=O) groups excluding carboxylic acids is 1. The molecule has 0 aliphatic heterocycles. The lowest BCUT2D eigenvalue weighted by molar-refractivity contribution is -0.137. The summed E-state index contributed by atoms with van der Waals surface area (Å²) in [5.41, 5.74) is 0.451. The Kier molecular flexibility index (Phi) is 6.88. The zero-order valence-electron chi connectivity index (χ0n) is 19.6. The van der Waals surface area contributed by atoms with Crippen molar-refractivity contribution in [3.8, 4) is 11.6 Å². The molecule has 1 aliphatic carbocycles. The lowest BCUT2D eigenvalue weighted by atomic mass is 9.98. The predicted molar refractivity (Wildman–Crippen MR) is 126 cm³/mol. The van der Waals surface area contributed by atoms with Crippen LogP contribution in [0.4, 0.5) is 4.39 Å². The summed E-state index contributed by atoms with van der Waals surface area (Å²) in [7, 11) is 0. The van der Waals surface area contributed by atoms with E-state index < -0.39 is 29.3 Å². The number of carbonyl (C=O) groups is 2. The second-order valence-corrected chi connectivity index (χ2v) is 9.13. The number of nitrogens with one attached hydrogen (secondary N) is 1. The van der Waals surface area contributed by atoms with Gasteiger partial charge in [0.15, 0.2) is 5.69 Å². The molecule has 1 aromatic heterocycles. The van der Waals surface area contributed by atoms with Gasteiger partial charge in [0, 0.05) is 6.07 Å². The van der Waals surface area contributed by atoms with Crippen LogP contribution < -0.4 is 10.1 Å². The van der Waals surface area contributed by atoms with Crippen LogP contribution in [-0.4, -0.2) is 44.1 Å². The van der Waals surface area contributed by atoms with E-state index in [9.17, 15) is 24.2 Å². The Bertz CT molecular complexity index is 1240. The molecule has 4 rings (SSSR count). The van der Waals surface area contributed by atoms with Gasteiger partial charge in [-0.15, -0.1) is 0 Å². The minimum Gasteiger partial charge on any atom is -0.481 e. The summed E-state index contributed by atoms with van der Waals surface area (Å²) in [5, 5.41) is 27.0. The molecule has 3 N–H and O–H groups in total. The first-order valence-corrected chi connectivity index (χ1v) is 11.4. The first-order chi connectivity index (χ1) is 16.7. The molecule has 1 amide bonds. The van der Waals surface area contributed by atoms with Crippen molar-refractivity contribution in [2.24, 2.45) is 5.92 Å². The van der Waals surface area contributed by atoms with Gasteiger partial charge in [-0.05, 0) is 55.9 Å². The van der Waals surface area contributed by atoms with Crippen molar-refractivity contribution in [2.45, 2.75) is 44.8 Å². The first kappa shape index (κ1) is 24.4. The molecule has 3 aromatic rings. The number of aliphatic hydroxyl groups is 1. The van der Waals surface area contributed by atoms with Gasteiger partial charge in [-0.3, -0.25) is 9.59 Å². The summed E-state index contributed by atoms with van der Waals surface area (Å²) < 4.78 is 21.6. The smallest absolute Gasteiger partial charge is 0.305 e. The highest BCUT2D eigenvalue weighted by molar-refractivity contribution is 5.93. The molecule has 8 nitrogen and oxygen atoms in total. The topological polar surface area (TPSA) is 114 Å². The normalized spacial score (nSPS) is 15.8. The van der Waals surface area contributed by atoms with Crippen LogP contribution in [0.25, 0.3) is 5.69 Å². The number of hydrogen-bond donors (Lipinski definition) is 3. The van der Waals surface area contributed by atoms with Gasteiger partial charge >= 0.3 is 5.97 Å². The number of aryl methyl sites for hydroxylation is 1. The van der Waals surface area contributed by atoms with Crippen LogP contribution in [0.15, 0.2) is 54.6 Å². The van der Waals surface area contributed by atoms with E-state index >= 15 is 0 Å². The van der Waals surface area contributed by atoms with Crippen LogP contribution in [-0.2, 0) is 4.79 Å². The fourth-order valence-corrected chi connectivity index (χ4v) is 4.04. The molecular formula is C26H28FN3O5. The Hall–Kier alpha value is -3.72. The van der Waals surface area contributed by atoms with Crippen LogP contribution >= 0.6 is 0 Å². The van der Waals surface area contributed by atoms with Crippen LogP contribution in [0, 0.1) is 18.7 Å². The van der Waals surface area contributed by atoms with E-state index in [0.29, 0.717) is 5.56 Å². The molecular weight excluding hydrogens is 453 g/mol. The number of para-hydroxylation sites is 1. The third kappa shape index (κ3) is 5.68. The Morgan fingerprint density at radius 3 is 2.57 bits per heavy atom. The van der Waals surface area contributed by atoms with Gasteiger partial charge in [-0.1, -0.05) is 36.4 Å². The molecule has 2 unspecified atom stereocenters. The number of rotatable bonds is 10. The molecule has 35 heavy (non-hydrogen) atoms. The average Bonchev–Trinajstić information content (AvgIpc) is 3.59. The van der Waals surface area contributed by atoms with Crippen LogP contribution in [0.5, 0.6) is 5.88 Å². The van der Waals surface area contributed by atoms with Crippen molar-refractivity contribution in [1.82, 2.24) is 15.1 Å². The molecule has 2 atom stereocenters. The van der Waals surface area contributed by atoms with Crippen LogP contribution in [0.3, 0.4) is 0 Å². The largest absolute Gasteiger partial charge is 0.481 e. The molecule has 1 saturated carbocycles. The number of halogens is 1. The number of hydrogen-bond acceptors (Lipinski definition) is 5. The van der Waals surface area contributed by atoms with Crippen molar-refractivity contribution in [3.05, 3.63) is 77.2 Å². The highest BCUT2D eigenvalue weighted by atomic mass is 19.1. The third-order valence-electron chi connectivity index (χ3n) is 6.21. The molecule has 0 bridgehead atoms. The summed E-state index contributed by atoms with van der Waals surface area (Å²) in [4.78, 5) is 24.6. The number of aromatic nitrogens is 2. The summed E-state index contributed by atoms with van der Waals surface area (Å²) in [5.74, 6) is -2.05. The third-order valence-corrected chi connectivity index (χ3v) is 6.21. The van der Waals surface area contributed by atoms with Gasteiger partial charge in [-0.25, -0.2) is 4.39 Å². The summed E-state index contributed by atoms with van der Waals surface area (Å²) >= 11 is 0. The van der Waals surface area contributed by atoms with Crippen molar-refractivity contribution < 1.29 is 28.9 Å². The summed E-state index contributed by atoms with van der Waals surface area (Å²) in [6.45, 7) is 3.46. The Morgan fingerprint density at radius 2 is 1.91 bits per heavy atom. The number of carboxylic acid groups (broad SMARTS) is 1. The Labute approximate surface area is 202 Å². The van der Waals surface area contributed by atoms with E-state index in [2.05, 4.69) is 10.4 Å². The number of nitrogens with zero attached hydrogens (tertiary/aromatic N) is 2. The van der Waals surface area contributed by atoms with E-state index in [4.69, 9.17) is 4.74 Å². The fraction of sp³-hybridized carbons (Fsp3) is 0.346. The van der Waals surface area contributed by atoms with E-state index in [-0.39, 0.29) is 36.2 Å². The van der Waals surface area contributed by atoms with E-state index in [0.717, 1.165) is 18.4 Å². The Morgan fingerprint density at radius 1 is 1.23 bits per heavy atom. The number of ether oxygens (including phenoxy) is 1. The lowest BCUT2D eigenvalue weighted by Crippen LogP contribution is -2.35. The Balaban J connectivity index is 1.64. The second kappa shape index (κ2) is 9.87.